The molecule has 4 rings (SSSR count). The predicted molar refractivity (Wildman–Crippen MR) is 145 cm³/mol. The Morgan fingerprint density at radius 3 is 1.61 bits per heavy atom. The summed E-state index contributed by atoms with van der Waals surface area (Å²) < 4.78 is 33.1. The minimum absolute atomic E-state index is 0.0283. The van der Waals surface area contributed by atoms with Crippen molar-refractivity contribution >= 4 is 0 Å². The van der Waals surface area contributed by atoms with Crippen LogP contribution in [0.4, 0.5) is 0 Å². The molecule has 0 fully saturated rings. The van der Waals surface area contributed by atoms with Crippen molar-refractivity contribution in [3.8, 4) is 23.0 Å². The van der Waals surface area contributed by atoms with E-state index >= 15 is 0 Å². The van der Waals surface area contributed by atoms with Crippen molar-refractivity contribution in [2.45, 2.75) is 85.0 Å². The number of hydrogen-bond donors (Lipinski definition) is 2. The van der Waals surface area contributed by atoms with Gasteiger partial charge in [-0.2, -0.15) is 0 Å². The van der Waals surface area contributed by atoms with E-state index in [0.29, 0.717) is 40.0 Å². The fraction of sp³-hybridized carbons (Fsp3) is 0.600. The molecule has 0 aliphatic carbocycles. The molecule has 2 heterocycles. The topological polar surface area (TPSA) is 95.8 Å². The maximum atomic E-state index is 9.20. The first-order chi connectivity index (χ1) is 18.6. The van der Waals surface area contributed by atoms with Gasteiger partial charge in [-0.15, -0.1) is 0 Å². The van der Waals surface area contributed by atoms with E-state index in [1.807, 2.05) is 0 Å². The van der Waals surface area contributed by atoms with Crippen LogP contribution in [0.25, 0.3) is 0 Å². The van der Waals surface area contributed by atoms with Crippen molar-refractivity contribution in [1.82, 2.24) is 0 Å². The van der Waals surface area contributed by atoms with E-state index in [0.717, 1.165) is 67.9 Å². The van der Waals surface area contributed by atoms with Crippen molar-refractivity contribution in [2.24, 2.45) is 0 Å². The standard InChI is InChI=1S/C22H26O5.C8H18O3/c1-3-5-15-7-19-21(26-13-24-19)9-17(15)11-23-12-18-10-22-20(25-14-27-22)8-16(18)6-4-2;1-2-3-4-8(10)7-11-6-5-9/h7-10H,3-6,11-14H2,1-2H3;8-10H,2-7H2,1H3. The Morgan fingerprint density at radius 2 is 1.18 bits per heavy atom. The summed E-state index contributed by atoms with van der Waals surface area (Å²) in [5.74, 6) is 3.29. The third-order valence-electron chi connectivity index (χ3n) is 6.38. The molecule has 2 N–H and O–H groups in total. The smallest absolute Gasteiger partial charge is 0.231 e. The highest BCUT2D eigenvalue weighted by Crippen LogP contribution is 2.37. The predicted octanol–water partition coefficient (Wildman–Crippen LogP) is 5.31. The fourth-order valence-corrected chi connectivity index (χ4v) is 4.40. The van der Waals surface area contributed by atoms with Gasteiger partial charge in [0.2, 0.25) is 13.6 Å². The monoisotopic (exact) mass is 532 g/mol. The molecule has 0 bridgehead atoms. The molecular weight excluding hydrogens is 488 g/mol. The Morgan fingerprint density at radius 1 is 0.711 bits per heavy atom. The Balaban J connectivity index is 0.000000310. The van der Waals surface area contributed by atoms with Crippen LogP contribution in [0.5, 0.6) is 23.0 Å². The minimum Gasteiger partial charge on any atom is -0.454 e. The van der Waals surface area contributed by atoms with Crippen molar-refractivity contribution in [1.29, 1.82) is 0 Å². The zero-order valence-corrected chi connectivity index (χ0v) is 23.1. The van der Waals surface area contributed by atoms with E-state index in [4.69, 9.17) is 33.5 Å². The number of aryl methyl sites for hydroxylation is 2. The molecule has 8 nitrogen and oxygen atoms in total. The Labute approximate surface area is 226 Å². The largest absolute Gasteiger partial charge is 0.454 e. The number of fused-ring (bicyclic) bond motifs is 2. The summed E-state index contributed by atoms with van der Waals surface area (Å²) in [6.07, 6.45) is 6.72. The van der Waals surface area contributed by atoms with Crippen LogP contribution >= 0.6 is 0 Å². The van der Waals surface area contributed by atoms with Crippen LogP contribution in [0.3, 0.4) is 0 Å². The lowest BCUT2D eigenvalue weighted by molar-refractivity contribution is 0.0172. The van der Waals surface area contributed by atoms with E-state index in [1.165, 1.54) is 22.3 Å². The van der Waals surface area contributed by atoms with Gasteiger partial charge in [-0.3, -0.25) is 0 Å². The zero-order valence-electron chi connectivity index (χ0n) is 23.1. The van der Waals surface area contributed by atoms with Gasteiger partial charge in [0.15, 0.2) is 23.0 Å². The van der Waals surface area contributed by atoms with Crippen LogP contribution in [-0.4, -0.2) is 49.7 Å². The van der Waals surface area contributed by atoms with E-state index in [9.17, 15) is 5.11 Å². The minimum atomic E-state index is -0.360. The van der Waals surface area contributed by atoms with Crippen LogP contribution < -0.4 is 18.9 Å². The molecule has 0 spiro atoms. The number of ether oxygens (including phenoxy) is 6. The molecule has 2 aromatic carbocycles. The average Bonchev–Trinajstić information content (AvgIpc) is 3.57. The fourth-order valence-electron chi connectivity index (χ4n) is 4.40. The molecule has 38 heavy (non-hydrogen) atoms. The first-order valence-electron chi connectivity index (χ1n) is 13.9. The maximum Gasteiger partial charge on any atom is 0.231 e. The second-order valence-electron chi connectivity index (χ2n) is 9.54. The van der Waals surface area contributed by atoms with Crippen molar-refractivity contribution in [3.63, 3.8) is 0 Å². The van der Waals surface area contributed by atoms with Crippen molar-refractivity contribution in [2.75, 3.05) is 33.4 Å². The molecule has 1 atom stereocenters. The lowest BCUT2D eigenvalue weighted by Gasteiger charge is -2.14. The van der Waals surface area contributed by atoms with Crippen LogP contribution in [0.2, 0.25) is 0 Å². The second-order valence-corrected chi connectivity index (χ2v) is 9.54. The van der Waals surface area contributed by atoms with Gasteiger partial charge in [0, 0.05) is 0 Å². The number of rotatable bonds is 15. The van der Waals surface area contributed by atoms with Crippen LogP contribution in [0.15, 0.2) is 24.3 Å². The van der Waals surface area contributed by atoms with Crippen molar-refractivity contribution < 1.29 is 38.6 Å². The van der Waals surface area contributed by atoms with Gasteiger partial charge < -0.3 is 38.6 Å². The van der Waals surface area contributed by atoms with E-state index in [2.05, 4.69) is 45.0 Å². The van der Waals surface area contributed by atoms with Crippen LogP contribution in [-0.2, 0) is 35.5 Å². The van der Waals surface area contributed by atoms with Gasteiger partial charge in [0.25, 0.3) is 0 Å². The number of unbranched alkanes of at least 4 members (excludes halogenated alkanes) is 1. The second kappa shape index (κ2) is 16.4. The third kappa shape index (κ3) is 9.05. The molecule has 0 saturated carbocycles. The summed E-state index contributed by atoms with van der Waals surface area (Å²) >= 11 is 0. The van der Waals surface area contributed by atoms with Crippen LogP contribution in [0, 0.1) is 0 Å². The van der Waals surface area contributed by atoms with Gasteiger partial charge in [-0.25, -0.2) is 0 Å². The lowest BCUT2D eigenvalue weighted by atomic mass is 10.0. The van der Waals surface area contributed by atoms with Gasteiger partial charge >= 0.3 is 0 Å². The Kier molecular flexibility index (Phi) is 13.0. The zero-order chi connectivity index (χ0) is 27.2. The average molecular weight is 533 g/mol. The molecule has 0 radical (unpaired) electrons. The molecule has 8 heteroatoms. The SMILES string of the molecule is CCCCC(O)COCCO.CCCc1cc2c(cc1COCc1cc3c(cc1CCC)OCO3)OCO2. The number of hydrogen-bond acceptors (Lipinski definition) is 8. The number of aliphatic hydroxyl groups excluding tert-OH is 2. The number of benzene rings is 2. The highest BCUT2D eigenvalue weighted by Gasteiger charge is 2.19. The molecule has 0 amide bonds. The molecule has 0 aromatic heterocycles. The van der Waals surface area contributed by atoms with Crippen LogP contribution in [0.1, 0.15) is 75.1 Å². The highest BCUT2D eigenvalue weighted by molar-refractivity contribution is 5.49. The summed E-state index contributed by atoms with van der Waals surface area (Å²) in [5.41, 5.74) is 4.86. The van der Waals surface area contributed by atoms with Gasteiger partial charge in [-0.1, -0.05) is 46.5 Å². The normalized spacial score (nSPS) is 13.8. The quantitative estimate of drug-likeness (QED) is 0.298. The summed E-state index contributed by atoms with van der Waals surface area (Å²) in [6.45, 7) is 8.83. The van der Waals surface area contributed by atoms with E-state index < -0.39 is 0 Å². The van der Waals surface area contributed by atoms with Crippen molar-refractivity contribution in [3.05, 3.63) is 46.5 Å². The van der Waals surface area contributed by atoms with Gasteiger partial charge in [0.05, 0.1) is 39.1 Å². The number of aliphatic hydroxyl groups is 2. The first kappa shape index (κ1) is 30.0. The highest BCUT2D eigenvalue weighted by atomic mass is 16.7. The Hall–Kier alpha value is -2.52. The Bertz CT molecular complexity index is 910. The summed E-state index contributed by atoms with van der Waals surface area (Å²) in [5, 5.41) is 17.5. The summed E-state index contributed by atoms with van der Waals surface area (Å²) in [6, 6.07) is 8.29. The maximum absolute atomic E-state index is 9.20. The molecule has 2 aliphatic rings. The molecule has 0 saturated heterocycles. The van der Waals surface area contributed by atoms with E-state index in [-0.39, 0.29) is 12.7 Å². The molecule has 2 aliphatic heterocycles. The first-order valence-corrected chi connectivity index (χ1v) is 13.9. The third-order valence-corrected chi connectivity index (χ3v) is 6.38. The molecular formula is C30H44O8. The van der Waals surface area contributed by atoms with E-state index in [1.54, 1.807) is 0 Å². The lowest BCUT2D eigenvalue weighted by Crippen LogP contribution is -2.16. The summed E-state index contributed by atoms with van der Waals surface area (Å²) in [4.78, 5) is 0. The molecule has 2 aromatic rings. The summed E-state index contributed by atoms with van der Waals surface area (Å²) in [7, 11) is 0. The van der Waals surface area contributed by atoms with Gasteiger partial charge in [0.1, 0.15) is 0 Å². The molecule has 212 valence electrons. The van der Waals surface area contributed by atoms with Gasteiger partial charge in [-0.05, 0) is 65.8 Å². The molecule has 1 unspecified atom stereocenters.